The summed E-state index contributed by atoms with van der Waals surface area (Å²) < 4.78 is 29.2. The van der Waals surface area contributed by atoms with Crippen LogP contribution >= 0.6 is 11.6 Å². The van der Waals surface area contributed by atoms with Crippen LogP contribution in [0.25, 0.3) is 5.65 Å². The number of nitrogens with zero attached hydrogens (tertiary/aromatic N) is 6. The molecule has 1 aromatic carbocycles. The first-order valence-electron chi connectivity index (χ1n) is 9.11. The van der Waals surface area contributed by atoms with Gasteiger partial charge in [-0.3, -0.25) is 0 Å². The molecule has 2 fully saturated rings. The van der Waals surface area contributed by atoms with Crippen molar-refractivity contribution in [3.8, 4) is 0 Å². The summed E-state index contributed by atoms with van der Waals surface area (Å²) in [7, 11) is -3.52. The third-order valence-corrected chi connectivity index (χ3v) is 7.68. The Bertz CT molecular complexity index is 1150. The standard InChI is InChI=1S/C18H19ClN6O2S/c1-12-20-21-17-5-6-18(22-25(12)17)23-8-13-10-24(11-14(13)9-23)28(26,27)16-4-2-3-15(19)7-16/h2-7,13-14H,8-11H2,1H3. The molecule has 2 saturated heterocycles. The lowest BCUT2D eigenvalue weighted by Crippen LogP contribution is -2.33. The predicted octanol–water partition coefficient (Wildman–Crippen LogP) is 1.84. The normalized spacial score (nSPS) is 22.9. The molecule has 0 saturated carbocycles. The van der Waals surface area contributed by atoms with Crippen molar-refractivity contribution in [2.75, 3.05) is 31.1 Å². The van der Waals surface area contributed by atoms with Crippen molar-refractivity contribution in [2.45, 2.75) is 11.8 Å². The lowest BCUT2D eigenvalue weighted by Gasteiger charge is -2.22. The van der Waals surface area contributed by atoms with Gasteiger partial charge in [-0.15, -0.1) is 15.3 Å². The number of rotatable bonds is 3. The smallest absolute Gasteiger partial charge is 0.243 e. The third-order valence-electron chi connectivity index (χ3n) is 5.62. The zero-order chi connectivity index (χ0) is 19.5. The molecule has 8 nitrogen and oxygen atoms in total. The second-order valence-electron chi connectivity index (χ2n) is 7.41. The summed E-state index contributed by atoms with van der Waals surface area (Å²) in [6.45, 7) is 4.47. The first-order chi connectivity index (χ1) is 13.4. The lowest BCUT2D eigenvalue weighted by atomic mass is 10.0. The van der Waals surface area contributed by atoms with Gasteiger partial charge in [0.05, 0.1) is 4.90 Å². The number of aryl methyl sites for hydroxylation is 1. The van der Waals surface area contributed by atoms with Crippen LogP contribution in [0.4, 0.5) is 5.82 Å². The van der Waals surface area contributed by atoms with E-state index in [1.807, 2.05) is 19.1 Å². The Kier molecular flexibility index (Phi) is 4.08. The number of benzene rings is 1. The van der Waals surface area contributed by atoms with Crippen molar-refractivity contribution in [1.82, 2.24) is 24.1 Å². The molecule has 2 atom stereocenters. The first kappa shape index (κ1) is 17.8. The number of halogens is 1. The van der Waals surface area contributed by atoms with Gasteiger partial charge in [0.1, 0.15) is 5.82 Å². The first-order valence-corrected chi connectivity index (χ1v) is 10.9. The Morgan fingerprint density at radius 1 is 1.04 bits per heavy atom. The van der Waals surface area contributed by atoms with E-state index >= 15 is 0 Å². The van der Waals surface area contributed by atoms with Gasteiger partial charge in [-0.05, 0) is 49.1 Å². The van der Waals surface area contributed by atoms with E-state index in [-0.39, 0.29) is 16.7 Å². The van der Waals surface area contributed by atoms with Gasteiger partial charge in [0.2, 0.25) is 10.0 Å². The van der Waals surface area contributed by atoms with Crippen LogP contribution in [0.15, 0.2) is 41.3 Å². The average molecular weight is 419 g/mol. The number of hydrogen-bond donors (Lipinski definition) is 0. The Hall–Kier alpha value is -2.23. The van der Waals surface area contributed by atoms with Crippen molar-refractivity contribution in [2.24, 2.45) is 11.8 Å². The summed E-state index contributed by atoms with van der Waals surface area (Å²) in [4.78, 5) is 2.48. The third kappa shape index (κ3) is 2.85. The van der Waals surface area contributed by atoms with Gasteiger partial charge >= 0.3 is 0 Å². The Morgan fingerprint density at radius 2 is 1.79 bits per heavy atom. The average Bonchev–Trinajstić information content (AvgIpc) is 3.35. The molecule has 0 aliphatic carbocycles. The molecular formula is C18H19ClN6O2S. The van der Waals surface area contributed by atoms with E-state index in [0.717, 1.165) is 30.4 Å². The zero-order valence-electron chi connectivity index (χ0n) is 15.2. The maximum atomic E-state index is 12.9. The quantitative estimate of drug-likeness (QED) is 0.645. The molecule has 2 aromatic heterocycles. The minimum absolute atomic E-state index is 0.257. The molecule has 5 rings (SSSR count). The maximum absolute atomic E-state index is 12.9. The van der Waals surface area contributed by atoms with E-state index < -0.39 is 10.0 Å². The van der Waals surface area contributed by atoms with Crippen LogP contribution in [-0.2, 0) is 10.0 Å². The fourth-order valence-electron chi connectivity index (χ4n) is 4.17. The largest absolute Gasteiger partial charge is 0.355 e. The van der Waals surface area contributed by atoms with Gasteiger partial charge in [0.15, 0.2) is 11.5 Å². The Balaban J connectivity index is 1.34. The van der Waals surface area contributed by atoms with Crippen LogP contribution < -0.4 is 4.90 Å². The molecule has 10 heteroatoms. The van der Waals surface area contributed by atoms with Gasteiger partial charge < -0.3 is 4.90 Å². The van der Waals surface area contributed by atoms with Crippen LogP contribution in [0, 0.1) is 18.8 Å². The predicted molar refractivity (Wildman–Crippen MR) is 105 cm³/mol. The maximum Gasteiger partial charge on any atom is 0.243 e. The lowest BCUT2D eigenvalue weighted by molar-refractivity contribution is 0.453. The second-order valence-corrected chi connectivity index (χ2v) is 9.79. The molecule has 4 heterocycles. The van der Waals surface area contributed by atoms with Gasteiger partial charge in [-0.1, -0.05) is 17.7 Å². The molecule has 0 spiro atoms. The van der Waals surface area contributed by atoms with Crippen LogP contribution in [0.1, 0.15) is 5.82 Å². The number of hydrogen-bond acceptors (Lipinski definition) is 6. The Labute approximate surface area is 167 Å². The topological polar surface area (TPSA) is 83.7 Å². The molecule has 0 N–H and O–H groups in total. The van der Waals surface area contributed by atoms with Gasteiger partial charge in [0, 0.05) is 31.2 Å². The van der Waals surface area contributed by atoms with Gasteiger partial charge in [-0.25, -0.2) is 8.42 Å². The van der Waals surface area contributed by atoms with E-state index in [1.54, 1.807) is 27.0 Å². The number of sulfonamides is 1. The highest BCUT2D eigenvalue weighted by atomic mass is 35.5. The van der Waals surface area contributed by atoms with Crippen LogP contribution in [0.2, 0.25) is 5.02 Å². The van der Waals surface area contributed by atoms with Crippen molar-refractivity contribution in [3.63, 3.8) is 0 Å². The van der Waals surface area contributed by atoms with E-state index in [4.69, 9.17) is 11.6 Å². The molecule has 2 unspecified atom stereocenters. The second kappa shape index (κ2) is 6.40. The molecule has 146 valence electrons. The summed E-state index contributed by atoms with van der Waals surface area (Å²) in [6, 6.07) is 10.3. The van der Waals surface area contributed by atoms with Crippen molar-refractivity contribution in [3.05, 3.63) is 47.2 Å². The monoisotopic (exact) mass is 418 g/mol. The van der Waals surface area contributed by atoms with Crippen LogP contribution in [0.3, 0.4) is 0 Å². The molecule has 0 amide bonds. The summed E-state index contributed by atoms with van der Waals surface area (Å²) in [5, 5.41) is 13.2. The fourth-order valence-corrected chi connectivity index (χ4v) is 6.02. The summed E-state index contributed by atoms with van der Waals surface area (Å²) in [5.41, 5.74) is 0.722. The van der Waals surface area contributed by atoms with Crippen LogP contribution in [-0.4, -0.2) is 58.7 Å². The van der Waals surface area contributed by atoms with E-state index in [9.17, 15) is 8.42 Å². The van der Waals surface area contributed by atoms with E-state index in [1.165, 1.54) is 6.07 Å². The minimum atomic E-state index is -3.52. The van der Waals surface area contributed by atoms with Crippen molar-refractivity contribution >= 4 is 33.1 Å². The van der Waals surface area contributed by atoms with Gasteiger partial charge in [0.25, 0.3) is 0 Å². The van der Waals surface area contributed by atoms with Crippen LogP contribution in [0.5, 0.6) is 0 Å². The molecule has 2 aliphatic heterocycles. The van der Waals surface area contributed by atoms with Crippen molar-refractivity contribution < 1.29 is 8.42 Å². The van der Waals surface area contributed by atoms with E-state index in [2.05, 4.69) is 20.2 Å². The number of anilines is 1. The molecule has 2 aliphatic rings. The molecule has 28 heavy (non-hydrogen) atoms. The van der Waals surface area contributed by atoms with Crippen molar-refractivity contribution in [1.29, 1.82) is 0 Å². The van der Waals surface area contributed by atoms with Gasteiger partial charge in [-0.2, -0.15) is 8.82 Å². The molecule has 0 bridgehead atoms. The highest BCUT2D eigenvalue weighted by molar-refractivity contribution is 7.89. The number of aromatic nitrogens is 4. The molecular weight excluding hydrogens is 400 g/mol. The highest BCUT2D eigenvalue weighted by Crippen LogP contribution is 2.36. The fraction of sp³-hybridized carbons (Fsp3) is 0.389. The molecule has 3 aromatic rings. The zero-order valence-corrected chi connectivity index (χ0v) is 16.8. The van der Waals surface area contributed by atoms with E-state index in [0.29, 0.717) is 18.1 Å². The minimum Gasteiger partial charge on any atom is -0.355 e. The molecule has 0 radical (unpaired) electrons. The highest BCUT2D eigenvalue weighted by Gasteiger charge is 2.44. The SMILES string of the molecule is Cc1nnc2ccc(N3CC4CN(S(=O)(=O)c5cccc(Cl)c5)CC4C3)nn12. The Morgan fingerprint density at radius 3 is 2.50 bits per heavy atom. The summed E-state index contributed by atoms with van der Waals surface area (Å²) >= 11 is 5.98. The summed E-state index contributed by atoms with van der Waals surface area (Å²) in [5.74, 6) is 2.19. The summed E-state index contributed by atoms with van der Waals surface area (Å²) in [6.07, 6.45) is 0. The number of fused-ring (bicyclic) bond motifs is 2.